The first-order valence-corrected chi connectivity index (χ1v) is 6.24. The molecule has 0 atom stereocenters. The number of nitrogens with one attached hydrogen (secondary N) is 1. The van der Waals surface area contributed by atoms with E-state index in [1.54, 1.807) is 31.2 Å². The fourth-order valence-corrected chi connectivity index (χ4v) is 2.24. The van der Waals surface area contributed by atoms with E-state index >= 15 is 0 Å². The molecule has 2 N–H and O–H groups in total. The number of likely N-dealkylation sites (tertiary alicyclic amines) is 1. The molecule has 0 unspecified atom stereocenters. The van der Waals surface area contributed by atoms with Crippen LogP contribution in [0.4, 0.5) is 5.69 Å². The summed E-state index contributed by atoms with van der Waals surface area (Å²) in [6.45, 7) is 3.62. The van der Waals surface area contributed by atoms with Crippen LogP contribution in [0.1, 0.15) is 18.9 Å². The minimum atomic E-state index is -0.607. The first-order chi connectivity index (χ1) is 9.00. The van der Waals surface area contributed by atoms with Gasteiger partial charge >= 0.3 is 0 Å². The van der Waals surface area contributed by atoms with Gasteiger partial charge in [-0.3, -0.25) is 9.69 Å². The monoisotopic (exact) mass is 259 g/mol. The minimum Gasteiger partial charge on any atom is -0.388 e. The number of carbonyl (C=O) groups excluding carboxylic acids is 1. The van der Waals surface area contributed by atoms with E-state index in [0.29, 0.717) is 37.3 Å². The van der Waals surface area contributed by atoms with Crippen LogP contribution < -0.4 is 5.32 Å². The molecule has 19 heavy (non-hydrogen) atoms. The predicted molar refractivity (Wildman–Crippen MR) is 71.5 cm³/mol. The average Bonchev–Trinajstić information content (AvgIpc) is 2.34. The Bertz CT molecular complexity index is 512. The number of nitrogens with zero attached hydrogens (tertiary/aromatic N) is 2. The van der Waals surface area contributed by atoms with Crippen molar-refractivity contribution in [1.82, 2.24) is 4.90 Å². The summed E-state index contributed by atoms with van der Waals surface area (Å²) in [5.41, 5.74) is 0.400. The van der Waals surface area contributed by atoms with Gasteiger partial charge in [-0.05, 0) is 19.1 Å². The highest BCUT2D eigenvalue weighted by Crippen LogP contribution is 2.20. The lowest BCUT2D eigenvalue weighted by Crippen LogP contribution is -2.60. The molecule has 0 bridgehead atoms. The SMILES string of the molecule is CC1(O)CN(CCC(=O)Nc2ccccc2C#N)C1. The summed E-state index contributed by atoms with van der Waals surface area (Å²) >= 11 is 0. The lowest BCUT2D eigenvalue weighted by Gasteiger charge is -2.44. The Balaban J connectivity index is 1.80. The van der Waals surface area contributed by atoms with Gasteiger partial charge in [0.2, 0.25) is 5.91 Å². The molecule has 1 aromatic carbocycles. The van der Waals surface area contributed by atoms with Gasteiger partial charge in [0.25, 0.3) is 0 Å². The quantitative estimate of drug-likeness (QED) is 0.844. The molecule has 0 saturated carbocycles. The molecule has 1 aromatic rings. The molecule has 1 amide bonds. The van der Waals surface area contributed by atoms with Crippen molar-refractivity contribution in [3.05, 3.63) is 29.8 Å². The van der Waals surface area contributed by atoms with Crippen molar-refractivity contribution in [2.45, 2.75) is 18.9 Å². The standard InChI is InChI=1S/C14H17N3O2/c1-14(19)9-17(10-14)7-6-13(18)16-12-5-3-2-4-11(12)8-15/h2-5,19H,6-7,9-10H2,1H3,(H,16,18). The summed E-state index contributed by atoms with van der Waals surface area (Å²) in [5, 5.41) is 21.2. The Hall–Kier alpha value is -1.90. The summed E-state index contributed by atoms with van der Waals surface area (Å²) in [5.74, 6) is -0.116. The van der Waals surface area contributed by atoms with Crippen molar-refractivity contribution in [3.63, 3.8) is 0 Å². The van der Waals surface area contributed by atoms with Gasteiger partial charge in [0.1, 0.15) is 6.07 Å². The van der Waals surface area contributed by atoms with Crippen LogP contribution in [0.5, 0.6) is 0 Å². The zero-order chi connectivity index (χ0) is 13.9. The first kappa shape index (κ1) is 13.5. The Morgan fingerprint density at radius 2 is 2.21 bits per heavy atom. The number of β-amino-alcohol motifs (C(OH)–C–C–N with tert-alkyl or cyclic N) is 1. The normalized spacial score (nSPS) is 17.3. The number of anilines is 1. The van der Waals surface area contributed by atoms with Crippen LogP contribution in [0.25, 0.3) is 0 Å². The zero-order valence-corrected chi connectivity index (χ0v) is 10.9. The van der Waals surface area contributed by atoms with E-state index < -0.39 is 5.60 Å². The van der Waals surface area contributed by atoms with Crippen molar-refractivity contribution in [1.29, 1.82) is 5.26 Å². The number of para-hydroxylation sites is 1. The molecule has 5 nitrogen and oxygen atoms in total. The first-order valence-electron chi connectivity index (χ1n) is 6.24. The number of amides is 1. The topological polar surface area (TPSA) is 76.4 Å². The smallest absolute Gasteiger partial charge is 0.225 e. The molecule has 5 heteroatoms. The van der Waals surface area contributed by atoms with Crippen molar-refractivity contribution in [2.24, 2.45) is 0 Å². The van der Waals surface area contributed by atoms with E-state index in [1.807, 2.05) is 11.0 Å². The van der Waals surface area contributed by atoms with Crippen molar-refractivity contribution < 1.29 is 9.90 Å². The Morgan fingerprint density at radius 3 is 2.84 bits per heavy atom. The number of carbonyl (C=O) groups is 1. The third-order valence-corrected chi connectivity index (χ3v) is 3.11. The molecule has 2 rings (SSSR count). The Kier molecular flexibility index (Phi) is 3.84. The number of hydrogen-bond acceptors (Lipinski definition) is 4. The summed E-state index contributed by atoms with van der Waals surface area (Å²) in [6, 6.07) is 8.96. The van der Waals surface area contributed by atoms with Crippen LogP contribution in [-0.4, -0.2) is 41.1 Å². The maximum Gasteiger partial charge on any atom is 0.225 e. The summed E-state index contributed by atoms with van der Waals surface area (Å²) in [7, 11) is 0. The van der Waals surface area contributed by atoms with Crippen molar-refractivity contribution >= 4 is 11.6 Å². The van der Waals surface area contributed by atoms with E-state index in [1.165, 1.54) is 0 Å². The van der Waals surface area contributed by atoms with Gasteiger partial charge in [-0.25, -0.2) is 0 Å². The summed E-state index contributed by atoms with van der Waals surface area (Å²) in [4.78, 5) is 13.8. The fraction of sp³-hybridized carbons (Fsp3) is 0.429. The molecule has 0 aliphatic carbocycles. The number of benzene rings is 1. The van der Waals surface area contributed by atoms with Gasteiger partial charge in [-0.15, -0.1) is 0 Å². The fourth-order valence-electron chi connectivity index (χ4n) is 2.24. The molecule has 100 valence electrons. The number of rotatable bonds is 4. The van der Waals surface area contributed by atoms with E-state index in [2.05, 4.69) is 5.32 Å². The van der Waals surface area contributed by atoms with E-state index in [0.717, 1.165) is 0 Å². The molecule has 1 saturated heterocycles. The molecule has 0 spiro atoms. The maximum absolute atomic E-state index is 11.8. The molecule has 1 heterocycles. The van der Waals surface area contributed by atoms with Gasteiger partial charge in [0.05, 0.1) is 16.9 Å². The van der Waals surface area contributed by atoms with Crippen LogP contribution in [0.2, 0.25) is 0 Å². The van der Waals surface area contributed by atoms with E-state index in [9.17, 15) is 9.90 Å². The summed E-state index contributed by atoms with van der Waals surface area (Å²) < 4.78 is 0. The molecular weight excluding hydrogens is 242 g/mol. The second-order valence-corrected chi connectivity index (χ2v) is 5.16. The molecule has 1 aliphatic heterocycles. The van der Waals surface area contributed by atoms with Crippen LogP contribution in [0.3, 0.4) is 0 Å². The largest absolute Gasteiger partial charge is 0.388 e. The van der Waals surface area contributed by atoms with Gasteiger partial charge in [0, 0.05) is 26.1 Å². The lowest BCUT2D eigenvalue weighted by atomic mass is 9.97. The highest BCUT2D eigenvalue weighted by molar-refractivity contribution is 5.92. The molecular formula is C14H17N3O2. The highest BCUT2D eigenvalue weighted by atomic mass is 16.3. The maximum atomic E-state index is 11.8. The molecule has 1 fully saturated rings. The van der Waals surface area contributed by atoms with Crippen LogP contribution in [-0.2, 0) is 4.79 Å². The summed E-state index contributed by atoms with van der Waals surface area (Å²) in [6.07, 6.45) is 0.357. The van der Waals surface area contributed by atoms with Crippen LogP contribution in [0, 0.1) is 11.3 Å². The van der Waals surface area contributed by atoms with Crippen molar-refractivity contribution in [2.75, 3.05) is 25.0 Å². The predicted octanol–water partition coefficient (Wildman–Crippen LogP) is 0.953. The number of hydrogen-bond donors (Lipinski definition) is 2. The van der Waals surface area contributed by atoms with Gasteiger partial charge in [-0.1, -0.05) is 12.1 Å². The highest BCUT2D eigenvalue weighted by Gasteiger charge is 2.35. The number of aliphatic hydroxyl groups is 1. The zero-order valence-electron chi connectivity index (χ0n) is 10.9. The second-order valence-electron chi connectivity index (χ2n) is 5.16. The number of nitriles is 1. The second kappa shape index (κ2) is 5.39. The van der Waals surface area contributed by atoms with Gasteiger partial charge < -0.3 is 10.4 Å². The Labute approximate surface area is 112 Å². The van der Waals surface area contributed by atoms with Gasteiger partial charge in [-0.2, -0.15) is 5.26 Å². The minimum absolute atomic E-state index is 0.116. The average molecular weight is 259 g/mol. The third-order valence-electron chi connectivity index (χ3n) is 3.11. The van der Waals surface area contributed by atoms with Crippen LogP contribution in [0.15, 0.2) is 24.3 Å². The van der Waals surface area contributed by atoms with Gasteiger partial charge in [0.15, 0.2) is 0 Å². The van der Waals surface area contributed by atoms with Crippen molar-refractivity contribution in [3.8, 4) is 6.07 Å². The third kappa shape index (κ3) is 3.53. The van der Waals surface area contributed by atoms with Crippen LogP contribution >= 0.6 is 0 Å². The molecule has 0 aromatic heterocycles. The Morgan fingerprint density at radius 1 is 1.53 bits per heavy atom. The molecule has 0 radical (unpaired) electrons. The lowest BCUT2D eigenvalue weighted by molar-refractivity contribution is -0.119. The molecule has 1 aliphatic rings. The van der Waals surface area contributed by atoms with E-state index in [4.69, 9.17) is 5.26 Å². The van der Waals surface area contributed by atoms with E-state index in [-0.39, 0.29) is 5.91 Å².